The molecular weight excluding hydrogens is 260 g/mol. The van der Waals surface area contributed by atoms with Gasteiger partial charge in [0.05, 0.1) is 7.11 Å². The highest BCUT2D eigenvalue weighted by Gasteiger charge is 2.18. The summed E-state index contributed by atoms with van der Waals surface area (Å²) in [4.78, 5) is 2.32. The Bertz CT molecular complexity index is 404. The molecule has 0 heterocycles. The van der Waals surface area contributed by atoms with Gasteiger partial charge in [0.25, 0.3) is 0 Å². The van der Waals surface area contributed by atoms with Gasteiger partial charge in [-0.3, -0.25) is 0 Å². The second-order valence-corrected chi connectivity index (χ2v) is 6.36. The van der Waals surface area contributed by atoms with E-state index in [1.807, 2.05) is 12.1 Å². The van der Waals surface area contributed by atoms with Crippen LogP contribution in [0.15, 0.2) is 24.3 Å². The number of methoxy groups -OCH3 is 1. The largest absolute Gasteiger partial charge is 0.496 e. The van der Waals surface area contributed by atoms with E-state index in [0.29, 0.717) is 18.0 Å². The van der Waals surface area contributed by atoms with Crippen molar-refractivity contribution >= 4 is 0 Å². The predicted octanol–water partition coefficient (Wildman–Crippen LogP) is 3.71. The van der Waals surface area contributed by atoms with Crippen LogP contribution in [0.2, 0.25) is 0 Å². The number of rotatable bonds is 9. The molecule has 1 N–H and O–H groups in total. The van der Waals surface area contributed by atoms with Crippen molar-refractivity contribution in [2.24, 2.45) is 5.92 Å². The lowest BCUT2D eigenvalue weighted by Gasteiger charge is -2.29. The molecule has 3 heteroatoms. The van der Waals surface area contributed by atoms with Crippen LogP contribution in [0, 0.1) is 5.92 Å². The van der Waals surface area contributed by atoms with Gasteiger partial charge in [0.2, 0.25) is 0 Å². The van der Waals surface area contributed by atoms with Crippen LogP contribution in [0.5, 0.6) is 5.75 Å². The average Bonchev–Trinajstić information content (AvgIpc) is 2.46. The summed E-state index contributed by atoms with van der Waals surface area (Å²) in [5.41, 5.74) is 1.25. The molecule has 1 aromatic rings. The van der Waals surface area contributed by atoms with Crippen LogP contribution in [0.3, 0.4) is 0 Å². The molecule has 0 aliphatic rings. The lowest BCUT2D eigenvalue weighted by atomic mass is 10.00. The normalized spacial score (nSPS) is 14.5. The first-order valence-corrected chi connectivity index (χ1v) is 8.02. The number of likely N-dealkylation sites (N-methyl/N-ethyl adjacent to an activating group) is 1. The summed E-state index contributed by atoms with van der Waals surface area (Å²) in [7, 11) is 6.07. The molecule has 21 heavy (non-hydrogen) atoms. The van der Waals surface area contributed by atoms with Crippen molar-refractivity contribution in [3.8, 4) is 5.75 Å². The molecule has 0 aliphatic carbocycles. The second-order valence-electron chi connectivity index (χ2n) is 6.36. The van der Waals surface area contributed by atoms with Crippen LogP contribution in [-0.4, -0.2) is 38.7 Å². The van der Waals surface area contributed by atoms with E-state index in [2.05, 4.69) is 57.2 Å². The van der Waals surface area contributed by atoms with E-state index in [1.165, 1.54) is 12.0 Å². The number of nitrogens with zero attached hydrogens (tertiary/aromatic N) is 1. The first-order valence-electron chi connectivity index (χ1n) is 8.02. The fourth-order valence-corrected chi connectivity index (χ4v) is 2.73. The van der Waals surface area contributed by atoms with Gasteiger partial charge in [0, 0.05) is 24.2 Å². The van der Waals surface area contributed by atoms with Crippen molar-refractivity contribution in [2.45, 2.75) is 45.7 Å². The highest BCUT2D eigenvalue weighted by atomic mass is 16.5. The van der Waals surface area contributed by atoms with E-state index in [0.717, 1.165) is 18.7 Å². The second kappa shape index (κ2) is 9.06. The minimum Gasteiger partial charge on any atom is -0.496 e. The summed E-state index contributed by atoms with van der Waals surface area (Å²) in [6.07, 6.45) is 2.27. The number of nitrogens with one attached hydrogen (secondary N) is 1. The summed E-state index contributed by atoms with van der Waals surface area (Å²) < 4.78 is 5.50. The van der Waals surface area contributed by atoms with E-state index in [9.17, 15) is 0 Å². The molecule has 3 nitrogen and oxygen atoms in total. The van der Waals surface area contributed by atoms with Crippen LogP contribution in [0.4, 0.5) is 0 Å². The third-order valence-electron chi connectivity index (χ3n) is 4.00. The van der Waals surface area contributed by atoms with Gasteiger partial charge in [-0.2, -0.15) is 0 Å². The first kappa shape index (κ1) is 18.0. The van der Waals surface area contributed by atoms with Crippen molar-refractivity contribution in [3.63, 3.8) is 0 Å². The van der Waals surface area contributed by atoms with Crippen LogP contribution in [-0.2, 0) is 0 Å². The van der Waals surface area contributed by atoms with Gasteiger partial charge >= 0.3 is 0 Å². The van der Waals surface area contributed by atoms with Crippen LogP contribution < -0.4 is 10.1 Å². The molecule has 0 aliphatic heterocycles. The Hall–Kier alpha value is -1.06. The summed E-state index contributed by atoms with van der Waals surface area (Å²) in [6.45, 7) is 7.79. The summed E-state index contributed by atoms with van der Waals surface area (Å²) in [5.74, 6) is 1.69. The van der Waals surface area contributed by atoms with Crippen molar-refractivity contribution in [2.75, 3.05) is 27.7 Å². The molecule has 0 spiro atoms. The molecule has 0 amide bonds. The maximum absolute atomic E-state index is 5.50. The van der Waals surface area contributed by atoms with E-state index < -0.39 is 0 Å². The Balaban J connectivity index is 2.73. The third-order valence-corrected chi connectivity index (χ3v) is 4.00. The molecule has 0 bridgehead atoms. The lowest BCUT2D eigenvalue weighted by Crippen LogP contribution is -2.40. The molecule has 120 valence electrons. The Morgan fingerprint density at radius 3 is 2.38 bits per heavy atom. The molecule has 0 fully saturated rings. The lowest BCUT2D eigenvalue weighted by molar-refractivity contribution is 0.239. The maximum atomic E-state index is 5.50. The van der Waals surface area contributed by atoms with Gasteiger partial charge in [-0.05, 0) is 38.9 Å². The Kier molecular flexibility index (Phi) is 7.76. The zero-order chi connectivity index (χ0) is 15.8. The standard InChI is InChI=1S/C18H32N2O/c1-7-17(16-10-8-9-11-18(16)21-6)19-13-15(20(4)5)12-14(2)3/h8-11,14-15,17,19H,7,12-13H2,1-6H3. The van der Waals surface area contributed by atoms with Crippen molar-refractivity contribution in [1.29, 1.82) is 0 Å². The topological polar surface area (TPSA) is 24.5 Å². The summed E-state index contributed by atoms with van der Waals surface area (Å²) in [6, 6.07) is 9.21. The molecule has 0 aromatic heterocycles. The molecule has 1 aromatic carbocycles. The van der Waals surface area contributed by atoms with Crippen LogP contribution in [0.25, 0.3) is 0 Å². The Morgan fingerprint density at radius 1 is 1.19 bits per heavy atom. The number of para-hydroxylation sites is 1. The Labute approximate surface area is 130 Å². The van der Waals surface area contributed by atoms with E-state index in [-0.39, 0.29) is 0 Å². The number of hydrogen-bond acceptors (Lipinski definition) is 3. The molecule has 0 saturated heterocycles. The van der Waals surface area contributed by atoms with Gasteiger partial charge in [-0.1, -0.05) is 39.0 Å². The van der Waals surface area contributed by atoms with Gasteiger partial charge in [-0.25, -0.2) is 0 Å². The quantitative estimate of drug-likeness (QED) is 0.751. The number of benzene rings is 1. The molecule has 2 atom stereocenters. The van der Waals surface area contributed by atoms with Crippen molar-refractivity contribution in [3.05, 3.63) is 29.8 Å². The summed E-state index contributed by atoms with van der Waals surface area (Å²) in [5, 5.41) is 3.73. The monoisotopic (exact) mass is 292 g/mol. The van der Waals surface area contributed by atoms with E-state index >= 15 is 0 Å². The van der Waals surface area contributed by atoms with E-state index in [1.54, 1.807) is 7.11 Å². The molecule has 0 radical (unpaired) electrons. The van der Waals surface area contributed by atoms with Crippen LogP contribution in [0.1, 0.15) is 45.2 Å². The number of hydrogen-bond donors (Lipinski definition) is 1. The van der Waals surface area contributed by atoms with Crippen molar-refractivity contribution < 1.29 is 4.74 Å². The molecule has 1 rings (SSSR count). The zero-order valence-electron chi connectivity index (χ0n) is 14.5. The minimum atomic E-state index is 0.343. The van der Waals surface area contributed by atoms with E-state index in [4.69, 9.17) is 4.74 Å². The smallest absolute Gasteiger partial charge is 0.123 e. The molecule has 0 saturated carbocycles. The minimum absolute atomic E-state index is 0.343. The fourth-order valence-electron chi connectivity index (χ4n) is 2.73. The first-order chi connectivity index (χ1) is 9.99. The highest BCUT2D eigenvalue weighted by molar-refractivity contribution is 5.35. The zero-order valence-corrected chi connectivity index (χ0v) is 14.5. The number of ether oxygens (including phenoxy) is 1. The molecule has 2 unspecified atom stereocenters. The van der Waals surface area contributed by atoms with Crippen LogP contribution >= 0.6 is 0 Å². The van der Waals surface area contributed by atoms with Gasteiger partial charge < -0.3 is 15.0 Å². The average molecular weight is 292 g/mol. The SMILES string of the molecule is CCC(NCC(CC(C)C)N(C)C)c1ccccc1OC. The molecular formula is C18H32N2O. The predicted molar refractivity (Wildman–Crippen MR) is 91.0 cm³/mol. The van der Waals surface area contributed by atoms with Gasteiger partial charge in [0.15, 0.2) is 0 Å². The fraction of sp³-hybridized carbons (Fsp3) is 0.667. The van der Waals surface area contributed by atoms with Crippen molar-refractivity contribution in [1.82, 2.24) is 10.2 Å². The maximum Gasteiger partial charge on any atom is 0.123 e. The van der Waals surface area contributed by atoms with Gasteiger partial charge in [0.1, 0.15) is 5.75 Å². The Morgan fingerprint density at radius 2 is 1.86 bits per heavy atom. The highest BCUT2D eigenvalue weighted by Crippen LogP contribution is 2.27. The third kappa shape index (κ3) is 5.68. The van der Waals surface area contributed by atoms with Gasteiger partial charge in [-0.15, -0.1) is 0 Å². The summed E-state index contributed by atoms with van der Waals surface area (Å²) >= 11 is 0.